The fourth-order valence-electron chi connectivity index (χ4n) is 3.28. The Kier molecular flexibility index (Phi) is 5.95. The second kappa shape index (κ2) is 7.94. The Morgan fingerprint density at radius 3 is 2.50 bits per heavy atom. The van der Waals surface area contributed by atoms with Crippen LogP contribution in [0.1, 0.15) is 40.5 Å². The second-order valence-corrected chi connectivity index (χ2v) is 8.39. The third-order valence-electron chi connectivity index (χ3n) is 5.72. The topological polar surface area (TPSA) is 117 Å². The number of piperidine rings is 1. The number of amides is 1. The average molecular weight is 392 g/mol. The van der Waals surface area contributed by atoms with Gasteiger partial charge in [0.15, 0.2) is 6.10 Å². The van der Waals surface area contributed by atoms with Crippen molar-refractivity contribution >= 4 is 24.4 Å². The highest BCUT2D eigenvalue weighted by Gasteiger charge is 2.52. The molecule has 1 aromatic rings. The molecule has 154 valence electrons. The van der Waals surface area contributed by atoms with E-state index in [0.29, 0.717) is 19.0 Å². The molecule has 3 rings (SSSR count). The predicted octanol–water partition coefficient (Wildman–Crippen LogP) is -0.468. The van der Waals surface area contributed by atoms with Gasteiger partial charge in [-0.15, -0.1) is 0 Å². The summed E-state index contributed by atoms with van der Waals surface area (Å²) in [5.74, 6) is 0.00768. The van der Waals surface area contributed by atoms with Gasteiger partial charge < -0.3 is 29.7 Å². The van der Waals surface area contributed by atoms with Crippen LogP contribution in [0.25, 0.3) is 0 Å². The molecule has 28 heavy (non-hydrogen) atoms. The van der Waals surface area contributed by atoms with Gasteiger partial charge in [-0.3, -0.25) is 4.79 Å². The Labute approximate surface area is 165 Å². The third kappa shape index (κ3) is 4.30. The Morgan fingerprint density at radius 1 is 1.32 bits per heavy atom. The molecule has 0 unspecified atom stereocenters. The summed E-state index contributed by atoms with van der Waals surface area (Å²) in [5, 5.41) is 21.7. The number of nitrogens with zero attached hydrogens (tertiary/aromatic N) is 3. The number of hydrogen-bond acceptors (Lipinski definition) is 8. The minimum Gasteiger partial charge on any atom is -0.399 e. The molecule has 3 N–H and O–H groups in total. The van der Waals surface area contributed by atoms with Crippen LogP contribution in [0.3, 0.4) is 0 Å². The van der Waals surface area contributed by atoms with Gasteiger partial charge in [-0.2, -0.15) is 0 Å². The number of aliphatic hydroxyl groups excluding tert-OH is 2. The quantitative estimate of drug-likeness (QED) is 0.576. The van der Waals surface area contributed by atoms with E-state index in [1.165, 1.54) is 0 Å². The standard InChI is InChI=1S/C18H29BN4O5/c1-17(2)18(3,4)28-19(27-17)12-8-20-16(21-9-12)22-13-6-5-7-23(10-13)15(26)14(25)11-24/h8-9,13-14,24-25H,5-7,10-11H2,1-4H3,(H,20,21,22)/t13-,14+/m1/s1. The van der Waals surface area contributed by atoms with Crippen LogP contribution in [0.5, 0.6) is 0 Å². The van der Waals surface area contributed by atoms with Gasteiger partial charge in [0.25, 0.3) is 5.91 Å². The number of hydrogen-bond donors (Lipinski definition) is 3. The van der Waals surface area contributed by atoms with E-state index < -0.39 is 36.9 Å². The molecule has 2 saturated heterocycles. The monoisotopic (exact) mass is 392 g/mol. The van der Waals surface area contributed by atoms with Crippen molar-refractivity contribution in [3.8, 4) is 0 Å². The zero-order chi connectivity index (χ0) is 20.5. The normalized spacial score (nSPS) is 24.9. The molecule has 1 amide bonds. The summed E-state index contributed by atoms with van der Waals surface area (Å²) in [6.45, 7) is 8.40. The second-order valence-electron chi connectivity index (χ2n) is 8.39. The van der Waals surface area contributed by atoms with Crippen molar-refractivity contribution < 1.29 is 24.3 Å². The Balaban J connectivity index is 1.60. The van der Waals surface area contributed by atoms with E-state index in [1.807, 2.05) is 27.7 Å². The molecular weight excluding hydrogens is 363 g/mol. The highest BCUT2D eigenvalue weighted by Crippen LogP contribution is 2.36. The van der Waals surface area contributed by atoms with E-state index in [2.05, 4.69) is 15.3 Å². The molecule has 3 heterocycles. The highest BCUT2D eigenvalue weighted by molar-refractivity contribution is 6.61. The Hall–Kier alpha value is -1.75. The third-order valence-corrected chi connectivity index (χ3v) is 5.72. The maximum Gasteiger partial charge on any atom is 0.498 e. The van der Waals surface area contributed by atoms with Crippen molar-refractivity contribution in [2.45, 2.75) is 63.9 Å². The van der Waals surface area contributed by atoms with Crippen molar-refractivity contribution in [2.75, 3.05) is 25.0 Å². The van der Waals surface area contributed by atoms with Crippen molar-refractivity contribution in [1.29, 1.82) is 0 Å². The Bertz CT molecular complexity index is 684. The number of likely N-dealkylation sites (tertiary alicyclic amines) is 1. The molecule has 0 spiro atoms. The van der Waals surface area contributed by atoms with Crippen LogP contribution < -0.4 is 10.8 Å². The summed E-state index contributed by atoms with van der Waals surface area (Å²) >= 11 is 0. The van der Waals surface area contributed by atoms with Crippen LogP contribution in [0.2, 0.25) is 0 Å². The smallest absolute Gasteiger partial charge is 0.399 e. The first kappa shape index (κ1) is 21.0. The van der Waals surface area contributed by atoms with Gasteiger partial charge in [0.05, 0.1) is 17.8 Å². The fourth-order valence-corrected chi connectivity index (χ4v) is 3.28. The first-order chi connectivity index (χ1) is 13.1. The maximum absolute atomic E-state index is 12.1. The van der Waals surface area contributed by atoms with Gasteiger partial charge >= 0.3 is 7.12 Å². The number of carbonyl (C=O) groups excluding carboxylic acids is 1. The number of aromatic nitrogens is 2. The van der Waals surface area contributed by atoms with Gasteiger partial charge in [-0.25, -0.2) is 9.97 Å². The molecule has 0 aromatic carbocycles. The molecule has 2 atom stereocenters. The van der Waals surface area contributed by atoms with E-state index >= 15 is 0 Å². The van der Waals surface area contributed by atoms with Gasteiger partial charge in [0.2, 0.25) is 5.95 Å². The molecule has 2 aliphatic rings. The van der Waals surface area contributed by atoms with E-state index in [4.69, 9.17) is 14.4 Å². The van der Waals surface area contributed by atoms with E-state index in [-0.39, 0.29) is 6.04 Å². The summed E-state index contributed by atoms with van der Waals surface area (Å²) in [4.78, 5) is 22.3. The van der Waals surface area contributed by atoms with E-state index in [9.17, 15) is 9.90 Å². The van der Waals surface area contributed by atoms with Gasteiger partial charge in [0.1, 0.15) is 0 Å². The lowest BCUT2D eigenvalue weighted by atomic mass is 9.81. The number of nitrogens with one attached hydrogen (secondary N) is 1. The molecule has 0 saturated carbocycles. The molecular formula is C18H29BN4O5. The molecule has 10 heteroatoms. The van der Waals surface area contributed by atoms with Gasteiger partial charge in [0, 0.05) is 37.0 Å². The van der Waals surface area contributed by atoms with Crippen molar-refractivity contribution in [3.05, 3.63) is 12.4 Å². The minimum atomic E-state index is -1.37. The molecule has 9 nitrogen and oxygen atoms in total. The summed E-state index contributed by atoms with van der Waals surface area (Å²) < 4.78 is 12.0. The van der Waals surface area contributed by atoms with Crippen molar-refractivity contribution in [2.24, 2.45) is 0 Å². The summed E-state index contributed by atoms with van der Waals surface area (Å²) in [6, 6.07) is -0.0220. The lowest BCUT2D eigenvalue weighted by molar-refractivity contribution is -0.143. The lowest BCUT2D eigenvalue weighted by Gasteiger charge is -2.34. The van der Waals surface area contributed by atoms with E-state index in [0.717, 1.165) is 18.3 Å². The number of anilines is 1. The van der Waals surface area contributed by atoms with Crippen LogP contribution in [0, 0.1) is 0 Å². The highest BCUT2D eigenvalue weighted by atomic mass is 16.7. The molecule has 0 radical (unpaired) electrons. The first-order valence-electron chi connectivity index (χ1n) is 9.65. The number of rotatable bonds is 5. The molecule has 1 aromatic heterocycles. The van der Waals surface area contributed by atoms with Crippen LogP contribution in [-0.2, 0) is 14.1 Å². The molecule has 0 aliphatic carbocycles. The van der Waals surface area contributed by atoms with Gasteiger partial charge in [-0.1, -0.05) is 0 Å². The van der Waals surface area contributed by atoms with Crippen LogP contribution in [0.4, 0.5) is 5.95 Å². The summed E-state index contributed by atoms with van der Waals surface area (Å²) in [5.41, 5.74) is -0.104. The van der Waals surface area contributed by atoms with Crippen molar-refractivity contribution in [1.82, 2.24) is 14.9 Å². The lowest BCUT2D eigenvalue weighted by Crippen LogP contribution is -2.49. The average Bonchev–Trinajstić information content (AvgIpc) is 2.88. The van der Waals surface area contributed by atoms with E-state index in [1.54, 1.807) is 17.3 Å². The van der Waals surface area contributed by atoms with Crippen molar-refractivity contribution in [3.63, 3.8) is 0 Å². The SMILES string of the molecule is CC1(C)OB(c2cnc(N[C@@H]3CCCN(C(=O)[C@@H](O)CO)C3)nc2)OC1(C)C. The number of aliphatic hydroxyl groups is 2. The largest absolute Gasteiger partial charge is 0.498 e. The first-order valence-corrected chi connectivity index (χ1v) is 9.65. The predicted molar refractivity (Wildman–Crippen MR) is 104 cm³/mol. The van der Waals surface area contributed by atoms with Crippen LogP contribution >= 0.6 is 0 Å². The maximum atomic E-state index is 12.1. The van der Waals surface area contributed by atoms with Gasteiger partial charge in [-0.05, 0) is 40.5 Å². The molecule has 2 fully saturated rings. The summed E-state index contributed by atoms with van der Waals surface area (Å²) in [6.07, 6.45) is 3.65. The van der Waals surface area contributed by atoms with Crippen LogP contribution in [-0.4, -0.2) is 81.2 Å². The zero-order valence-corrected chi connectivity index (χ0v) is 16.9. The zero-order valence-electron chi connectivity index (χ0n) is 16.9. The minimum absolute atomic E-state index is 0.0220. The number of carbonyl (C=O) groups is 1. The molecule has 2 aliphatic heterocycles. The molecule has 0 bridgehead atoms. The fraction of sp³-hybridized carbons (Fsp3) is 0.722. The summed E-state index contributed by atoms with van der Waals surface area (Å²) in [7, 11) is -0.512. The Morgan fingerprint density at radius 2 is 1.93 bits per heavy atom. The van der Waals surface area contributed by atoms with Crippen LogP contribution in [0.15, 0.2) is 12.4 Å².